The molecule has 2 aromatic heterocycles. The van der Waals surface area contributed by atoms with Gasteiger partial charge in [0.1, 0.15) is 4.88 Å². The van der Waals surface area contributed by atoms with Crippen molar-refractivity contribution in [3.63, 3.8) is 0 Å². The molecule has 114 valence electrons. The molecule has 1 amide bonds. The molecule has 2 unspecified atom stereocenters. The van der Waals surface area contributed by atoms with Crippen LogP contribution in [0.1, 0.15) is 41.3 Å². The zero-order valence-electron chi connectivity index (χ0n) is 12.7. The van der Waals surface area contributed by atoms with E-state index in [9.17, 15) is 9.90 Å². The highest BCUT2D eigenvalue weighted by molar-refractivity contribution is 7.21. The number of aliphatic hydroxyl groups is 1. The van der Waals surface area contributed by atoms with Crippen molar-refractivity contribution in [2.45, 2.75) is 46.3 Å². The van der Waals surface area contributed by atoms with E-state index >= 15 is 0 Å². The monoisotopic (exact) mass is 307 g/mol. The summed E-state index contributed by atoms with van der Waals surface area (Å²) in [5, 5.41) is 13.1. The van der Waals surface area contributed by atoms with Crippen LogP contribution in [0, 0.1) is 13.8 Å². The van der Waals surface area contributed by atoms with Crippen LogP contribution in [0.4, 0.5) is 5.69 Å². The maximum Gasteiger partial charge on any atom is 0.263 e. The lowest BCUT2D eigenvalue weighted by Gasteiger charge is -2.14. The molecule has 0 bridgehead atoms. The third-order valence-electron chi connectivity index (χ3n) is 3.30. The molecule has 0 aliphatic rings. The van der Waals surface area contributed by atoms with Crippen LogP contribution < -0.4 is 11.1 Å². The molecule has 21 heavy (non-hydrogen) atoms. The van der Waals surface area contributed by atoms with Crippen LogP contribution in [0.25, 0.3) is 10.1 Å². The average molecular weight is 307 g/mol. The number of hydrogen-bond acceptors (Lipinski definition) is 5. The molecule has 6 heteroatoms. The first-order chi connectivity index (χ1) is 9.79. The number of nitrogens with one attached hydrogen (secondary N) is 1. The van der Waals surface area contributed by atoms with Crippen molar-refractivity contribution >= 4 is 33.0 Å². The van der Waals surface area contributed by atoms with E-state index in [1.807, 2.05) is 26.8 Å². The highest BCUT2D eigenvalue weighted by Crippen LogP contribution is 2.35. The quantitative estimate of drug-likeness (QED) is 0.809. The molecule has 0 saturated carbocycles. The first kappa shape index (κ1) is 15.7. The van der Waals surface area contributed by atoms with Crippen molar-refractivity contribution in [1.29, 1.82) is 0 Å². The van der Waals surface area contributed by atoms with E-state index in [4.69, 9.17) is 5.73 Å². The summed E-state index contributed by atoms with van der Waals surface area (Å²) in [7, 11) is 0. The van der Waals surface area contributed by atoms with Crippen LogP contribution in [-0.4, -0.2) is 28.1 Å². The number of thiophene rings is 1. The van der Waals surface area contributed by atoms with Crippen LogP contribution in [-0.2, 0) is 0 Å². The van der Waals surface area contributed by atoms with Gasteiger partial charge >= 0.3 is 0 Å². The minimum atomic E-state index is -0.450. The Balaban J connectivity index is 2.32. The Bertz CT molecular complexity index is 679. The molecule has 0 saturated heterocycles. The summed E-state index contributed by atoms with van der Waals surface area (Å²) < 4.78 is 0.978. The van der Waals surface area contributed by atoms with E-state index in [-0.39, 0.29) is 11.9 Å². The Hall–Kier alpha value is -1.66. The number of amides is 1. The SMILES string of the molecule is Cc1cc2sc(C(=O)NC(C)CC(C)O)c(N)c2c(C)n1. The van der Waals surface area contributed by atoms with Crippen LogP contribution in [0.15, 0.2) is 6.07 Å². The number of carbonyl (C=O) groups is 1. The van der Waals surface area contributed by atoms with E-state index in [0.717, 1.165) is 21.5 Å². The summed E-state index contributed by atoms with van der Waals surface area (Å²) >= 11 is 1.38. The Labute approximate surface area is 128 Å². The standard InChI is InChI=1S/C15H21N3O2S/c1-7(5-9(3)19)18-15(20)14-13(16)12-10(4)17-8(2)6-11(12)21-14/h6-7,9,19H,5,16H2,1-4H3,(H,18,20). The topological polar surface area (TPSA) is 88.2 Å². The van der Waals surface area contributed by atoms with Crippen molar-refractivity contribution < 1.29 is 9.90 Å². The highest BCUT2D eigenvalue weighted by Gasteiger charge is 2.20. The molecule has 0 aromatic carbocycles. The number of nitrogens with zero attached hydrogens (tertiary/aromatic N) is 1. The van der Waals surface area contributed by atoms with E-state index in [1.54, 1.807) is 6.92 Å². The fourth-order valence-corrected chi connectivity index (χ4v) is 3.68. The van der Waals surface area contributed by atoms with E-state index in [0.29, 0.717) is 17.0 Å². The molecule has 2 rings (SSSR count). The zero-order chi connectivity index (χ0) is 15.7. The van der Waals surface area contributed by atoms with Gasteiger partial charge in [-0.25, -0.2) is 0 Å². The van der Waals surface area contributed by atoms with Crippen LogP contribution >= 0.6 is 11.3 Å². The summed E-state index contributed by atoms with van der Waals surface area (Å²) in [6.07, 6.45) is 0.0603. The largest absolute Gasteiger partial charge is 0.397 e. The van der Waals surface area contributed by atoms with E-state index < -0.39 is 6.10 Å². The number of aliphatic hydroxyl groups excluding tert-OH is 1. The number of aryl methyl sites for hydroxylation is 2. The first-order valence-electron chi connectivity index (χ1n) is 6.94. The number of pyridine rings is 1. The summed E-state index contributed by atoms with van der Waals surface area (Å²) in [5.74, 6) is -0.195. The van der Waals surface area contributed by atoms with Gasteiger partial charge in [-0.3, -0.25) is 9.78 Å². The molecule has 4 N–H and O–H groups in total. The summed E-state index contributed by atoms with van der Waals surface area (Å²) in [4.78, 5) is 17.2. The molecule has 2 atom stereocenters. The van der Waals surface area contributed by atoms with Gasteiger partial charge in [0, 0.05) is 27.5 Å². The second-order valence-corrected chi connectivity index (χ2v) is 6.58. The van der Waals surface area contributed by atoms with Gasteiger partial charge < -0.3 is 16.2 Å². The fraction of sp³-hybridized carbons (Fsp3) is 0.467. The number of rotatable bonds is 4. The predicted molar refractivity (Wildman–Crippen MR) is 86.7 cm³/mol. The van der Waals surface area contributed by atoms with Crippen molar-refractivity contribution in [1.82, 2.24) is 10.3 Å². The van der Waals surface area contributed by atoms with Gasteiger partial charge in [-0.2, -0.15) is 0 Å². The lowest BCUT2D eigenvalue weighted by atomic mass is 10.1. The van der Waals surface area contributed by atoms with Crippen molar-refractivity contribution in [3.05, 3.63) is 22.3 Å². The zero-order valence-corrected chi connectivity index (χ0v) is 13.5. The molecule has 2 heterocycles. The lowest BCUT2D eigenvalue weighted by Crippen LogP contribution is -2.34. The third kappa shape index (κ3) is 3.33. The number of carbonyl (C=O) groups excluding carboxylic acids is 1. The van der Waals surface area contributed by atoms with Gasteiger partial charge in [-0.1, -0.05) is 0 Å². The Morgan fingerprint density at radius 2 is 2.14 bits per heavy atom. The Morgan fingerprint density at radius 1 is 1.48 bits per heavy atom. The molecule has 0 spiro atoms. The van der Waals surface area contributed by atoms with Gasteiger partial charge in [0.2, 0.25) is 0 Å². The number of aromatic nitrogens is 1. The fourth-order valence-electron chi connectivity index (χ4n) is 2.51. The number of fused-ring (bicyclic) bond motifs is 1. The van der Waals surface area contributed by atoms with Gasteiger partial charge in [0.15, 0.2) is 0 Å². The van der Waals surface area contributed by atoms with Crippen molar-refractivity contribution in [2.24, 2.45) is 0 Å². The first-order valence-corrected chi connectivity index (χ1v) is 7.76. The van der Waals surface area contributed by atoms with E-state index in [1.165, 1.54) is 11.3 Å². The van der Waals surface area contributed by atoms with Crippen molar-refractivity contribution in [2.75, 3.05) is 5.73 Å². The molecule has 0 aliphatic heterocycles. The number of anilines is 1. The molecular weight excluding hydrogens is 286 g/mol. The predicted octanol–water partition coefficient (Wildman–Crippen LogP) is 2.38. The number of nitrogens with two attached hydrogens (primary N) is 1. The third-order valence-corrected chi connectivity index (χ3v) is 4.45. The van der Waals surface area contributed by atoms with Gasteiger partial charge in [-0.15, -0.1) is 11.3 Å². The van der Waals surface area contributed by atoms with E-state index in [2.05, 4.69) is 10.3 Å². The minimum Gasteiger partial charge on any atom is -0.397 e. The maximum atomic E-state index is 12.3. The van der Waals surface area contributed by atoms with Crippen LogP contribution in [0.3, 0.4) is 0 Å². The van der Waals surface area contributed by atoms with Crippen molar-refractivity contribution in [3.8, 4) is 0 Å². The Kier molecular flexibility index (Phi) is 4.49. The molecule has 0 aliphatic carbocycles. The Morgan fingerprint density at radius 3 is 2.76 bits per heavy atom. The second kappa shape index (κ2) is 5.99. The smallest absolute Gasteiger partial charge is 0.263 e. The average Bonchev–Trinajstić information content (AvgIpc) is 2.65. The molecule has 0 fully saturated rings. The molecule has 5 nitrogen and oxygen atoms in total. The lowest BCUT2D eigenvalue weighted by molar-refractivity contribution is 0.0928. The minimum absolute atomic E-state index is 0.108. The number of nitrogen functional groups attached to an aromatic ring is 1. The highest BCUT2D eigenvalue weighted by atomic mass is 32.1. The normalized spacial score (nSPS) is 14.1. The summed E-state index contributed by atoms with van der Waals surface area (Å²) in [5.41, 5.74) is 8.37. The van der Waals surface area contributed by atoms with Crippen LogP contribution in [0.5, 0.6) is 0 Å². The van der Waals surface area contributed by atoms with Gasteiger partial charge in [-0.05, 0) is 40.2 Å². The van der Waals surface area contributed by atoms with Crippen LogP contribution in [0.2, 0.25) is 0 Å². The summed E-state index contributed by atoms with van der Waals surface area (Å²) in [6.45, 7) is 7.39. The maximum absolute atomic E-state index is 12.3. The molecular formula is C15H21N3O2S. The molecule has 0 radical (unpaired) electrons. The van der Waals surface area contributed by atoms with Gasteiger partial charge in [0.25, 0.3) is 5.91 Å². The summed E-state index contributed by atoms with van der Waals surface area (Å²) in [6, 6.07) is 1.84. The van der Waals surface area contributed by atoms with Gasteiger partial charge in [0.05, 0.1) is 11.8 Å². The molecule has 2 aromatic rings. The second-order valence-electron chi connectivity index (χ2n) is 5.53. The number of hydrogen-bond donors (Lipinski definition) is 3.